The average molecular weight is 208 g/mol. The Morgan fingerprint density at radius 3 is 3.07 bits per heavy atom. The van der Waals surface area contributed by atoms with Crippen LogP contribution < -0.4 is 10.7 Å². The van der Waals surface area contributed by atoms with Crippen LogP contribution in [0, 0.1) is 0 Å². The van der Waals surface area contributed by atoms with Crippen LogP contribution in [0.3, 0.4) is 0 Å². The van der Waals surface area contributed by atoms with Crippen molar-refractivity contribution in [2.45, 2.75) is 19.4 Å². The number of hydrogen-bond donors (Lipinski definition) is 2. The minimum absolute atomic E-state index is 0.0892. The van der Waals surface area contributed by atoms with Crippen molar-refractivity contribution in [1.29, 1.82) is 0 Å². The van der Waals surface area contributed by atoms with Crippen molar-refractivity contribution in [3.63, 3.8) is 0 Å². The topological polar surface area (TPSA) is 54.3 Å². The number of rotatable bonds is 4. The summed E-state index contributed by atoms with van der Waals surface area (Å²) >= 11 is 0. The Labute approximate surface area is 88.8 Å². The maximum Gasteiger partial charge on any atom is 0.189 e. The van der Waals surface area contributed by atoms with Gasteiger partial charge in [0.15, 0.2) is 5.43 Å². The zero-order valence-corrected chi connectivity index (χ0v) is 8.97. The molecule has 0 aliphatic heterocycles. The van der Waals surface area contributed by atoms with E-state index in [1.54, 1.807) is 6.08 Å². The molecule has 0 aromatic carbocycles. The molecule has 82 valence electrons. The zero-order chi connectivity index (χ0) is 11.3. The molecular formula is C11H16N2O2. The normalized spacial score (nSPS) is 13.2. The van der Waals surface area contributed by atoms with E-state index in [2.05, 4.69) is 12.2 Å². The Balaban J connectivity index is 2.72. The molecule has 15 heavy (non-hydrogen) atoms. The third-order valence-corrected chi connectivity index (χ3v) is 2.21. The van der Waals surface area contributed by atoms with E-state index in [9.17, 15) is 4.79 Å². The van der Waals surface area contributed by atoms with E-state index in [4.69, 9.17) is 5.21 Å². The van der Waals surface area contributed by atoms with Crippen molar-refractivity contribution in [1.82, 2.24) is 10.0 Å². The number of hydrogen-bond acceptors (Lipinski definition) is 3. The van der Waals surface area contributed by atoms with E-state index in [0.29, 0.717) is 11.6 Å². The quantitative estimate of drug-likeness (QED) is 0.728. The lowest BCUT2D eigenvalue weighted by Gasteiger charge is -2.04. The van der Waals surface area contributed by atoms with E-state index in [1.807, 2.05) is 13.1 Å². The van der Waals surface area contributed by atoms with Crippen molar-refractivity contribution < 1.29 is 5.21 Å². The predicted octanol–water partition coefficient (Wildman–Crippen LogP) is 1.10. The van der Waals surface area contributed by atoms with Crippen molar-refractivity contribution >= 4 is 6.08 Å². The summed E-state index contributed by atoms with van der Waals surface area (Å²) in [5.74, 6) is 0. The van der Waals surface area contributed by atoms with Crippen molar-refractivity contribution in [3.8, 4) is 0 Å². The molecule has 0 saturated carbocycles. The highest BCUT2D eigenvalue weighted by atomic mass is 16.5. The molecule has 1 rings (SSSR count). The standard InChI is InChI=1S/C11H16N2O2/c1-9(12-2)4-3-5-10-8-13(15)7-6-11(10)14/h3,5-9,12,15H,4H2,1-2H3/b5-3+. The van der Waals surface area contributed by atoms with E-state index in [0.717, 1.165) is 11.2 Å². The monoisotopic (exact) mass is 208 g/mol. The molecule has 4 heteroatoms. The van der Waals surface area contributed by atoms with Gasteiger partial charge in [-0.05, 0) is 20.4 Å². The van der Waals surface area contributed by atoms with Gasteiger partial charge in [0.1, 0.15) is 0 Å². The van der Waals surface area contributed by atoms with E-state index >= 15 is 0 Å². The van der Waals surface area contributed by atoms with Crippen LogP contribution in [-0.2, 0) is 0 Å². The van der Waals surface area contributed by atoms with Crippen LogP contribution in [0.4, 0.5) is 0 Å². The van der Waals surface area contributed by atoms with Gasteiger partial charge in [-0.1, -0.05) is 12.2 Å². The summed E-state index contributed by atoms with van der Waals surface area (Å²) in [6.07, 6.45) is 7.19. The molecule has 4 nitrogen and oxygen atoms in total. The minimum Gasteiger partial charge on any atom is -0.429 e. The Hall–Kier alpha value is -1.55. The van der Waals surface area contributed by atoms with Crippen LogP contribution in [0.1, 0.15) is 18.9 Å². The molecule has 0 saturated heterocycles. The summed E-state index contributed by atoms with van der Waals surface area (Å²) in [7, 11) is 1.89. The molecule has 0 aliphatic rings. The molecule has 0 bridgehead atoms. The number of nitrogens with zero attached hydrogens (tertiary/aromatic N) is 1. The van der Waals surface area contributed by atoms with Gasteiger partial charge in [-0.15, -0.1) is 0 Å². The Morgan fingerprint density at radius 2 is 2.40 bits per heavy atom. The van der Waals surface area contributed by atoms with Gasteiger partial charge in [-0.2, -0.15) is 0 Å². The van der Waals surface area contributed by atoms with Crippen molar-refractivity contribution in [2.24, 2.45) is 0 Å². The molecule has 2 N–H and O–H groups in total. The SMILES string of the molecule is CNC(C)C/C=C/c1cn(O)ccc1=O. The molecule has 1 aromatic rings. The van der Waals surface area contributed by atoms with Gasteiger partial charge in [-0.3, -0.25) is 4.79 Å². The van der Waals surface area contributed by atoms with Crippen LogP contribution in [-0.4, -0.2) is 23.0 Å². The number of aromatic nitrogens is 1. The van der Waals surface area contributed by atoms with E-state index < -0.39 is 0 Å². The largest absolute Gasteiger partial charge is 0.429 e. The van der Waals surface area contributed by atoms with Crippen molar-refractivity contribution in [3.05, 3.63) is 40.3 Å². The lowest BCUT2D eigenvalue weighted by molar-refractivity contribution is 0.184. The lowest BCUT2D eigenvalue weighted by atomic mass is 10.2. The Morgan fingerprint density at radius 1 is 1.67 bits per heavy atom. The third-order valence-electron chi connectivity index (χ3n) is 2.21. The van der Waals surface area contributed by atoms with Gasteiger partial charge in [0.05, 0.1) is 6.20 Å². The van der Waals surface area contributed by atoms with Crippen LogP contribution in [0.2, 0.25) is 0 Å². The molecule has 0 spiro atoms. The fraction of sp³-hybridized carbons (Fsp3) is 0.364. The molecule has 1 unspecified atom stereocenters. The van der Waals surface area contributed by atoms with Crippen LogP contribution in [0.25, 0.3) is 6.08 Å². The van der Waals surface area contributed by atoms with Crippen LogP contribution in [0.15, 0.2) is 29.3 Å². The Bertz CT molecular complexity index is 396. The molecule has 1 aromatic heterocycles. The van der Waals surface area contributed by atoms with Crippen LogP contribution in [0.5, 0.6) is 0 Å². The lowest BCUT2D eigenvalue weighted by Crippen LogP contribution is -2.19. The molecule has 1 heterocycles. The van der Waals surface area contributed by atoms with E-state index in [-0.39, 0.29) is 5.43 Å². The van der Waals surface area contributed by atoms with Crippen molar-refractivity contribution in [2.75, 3.05) is 7.05 Å². The first kappa shape index (κ1) is 11.5. The molecule has 0 aliphatic carbocycles. The molecule has 1 atom stereocenters. The summed E-state index contributed by atoms with van der Waals surface area (Å²) < 4.78 is 0.878. The van der Waals surface area contributed by atoms with E-state index in [1.165, 1.54) is 18.5 Å². The second-order valence-electron chi connectivity index (χ2n) is 3.47. The average Bonchev–Trinajstić information content (AvgIpc) is 2.23. The second-order valence-corrected chi connectivity index (χ2v) is 3.47. The molecular weight excluding hydrogens is 192 g/mol. The summed E-state index contributed by atoms with van der Waals surface area (Å²) in [6, 6.07) is 1.71. The van der Waals surface area contributed by atoms with Gasteiger partial charge in [0.25, 0.3) is 0 Å². The molecule has 0 fully saturated rings. The van der Waals surface area contributed by atoms with Gasteiger partial charge in [0, 0.05) is 23.9 Å². The van der Waals surface area contributed by atoms with Crippen LogP contribution >= 0.6 is 0 Å². The Kier molecular flexibility index (Phi) is 4.12. The maximum absolute atomic E-state index is 11.3. The highest BCUT2D eigenvalue weighted by molar-refractivity contribution is 5.47. The highest BCUT2D eigenvalue weighted by Crippen LogP contribution is 1.98. The van der Waals surface area contributed by atoms with Gasteiger partial charge < -0.3 is 10.5 Å². The summed E-state index contributed by atoms with van der Waals surface area (Å²) in [4.78, 5) is 11.3. The zero-order valence-electron chi connectivity index (χ0n) is 8.97. The van der Waals surface area contributed by atoms with Gasteiger partial charge in [-0.25, -0.2) is 4.73 Å². The number of nitrogens with one attached hydrogen (secondary N) is 1. The third kappa shape index (κ3) is 3.59. The summed E-state index contributed by atoms with van der Waals surface area (Å²) in [5, 5.41) is 12.2. The molecule has 0 amide bonds. The predicted molar refractivity (Wildman–Crippen MR) is 60.1 cm³/mol. The first-order chi connectivity index (χ1) is 7.13. The fourth-order valence-electron chi connectivity index (χ4n) is 1.13. The van der Waals surface area contributed by atoms with Gasteiger partial charge in [0.2, 0.25) is 0 Å². The minimum atomic E-state index is -0.0892. The summed E-state index contributed by atoms with van der Waals surface area (Å²) in [5.41, 5.74) is 0.400. The van der Waals surface area contributed by atoms with Gasteiger partial charge >= 0.3 is 0 Å². The maximum atomic E-state index is 11.3. The first-order valence-corrected chi connectivity index (χ1v) is 4.89. The molecule has 0 radical (unpaired) electrons. The smallest absolute Gasteiger partial charge is 0.189 e. The number of pyridine rings is 1. The summed E-state index contributed by atoms with van der Waals surface area (Å²) in [6.45, 7) is 2.06. The fourth-order valence-corrected chi connectivity index (χ4v) is 1.13. The first-order valence-electron chi connectivity index (χ1n) is 4.89. The second kappa shape index (κ2) is 5.36. The highest BCUT2D eigenvalue weighted by Gasteiger charge is 1.96.